The van der Waals surface area contributed by atoms with Crippen LogP contribution in [0.5, 0.6) is 0 Å². The van der Waals surface area contributed by atoms with Crippen molar-refractivity contribution in [2.75, 3.05) is 4.90 Å². The van der Waals surface area contributed by atoms with Crippen LogP contribution in [0, 0.1) is 5.82 Å². The highest BCUT2D eigenvalue weighted by Crippen LogP contribution is 2.43. The number of aliphatic hydroxyl groups excluding tert-OH is 1. The molecule has 4 aromatic rings. The van der Waals surface area contributed by atoms with Crippen LogP contribution >= 0.6 is 11.6 Å². The van der Waals surface area contributed by atoms with Gasteiger partial charge in [0.05, 0.1) is 11.6 Å². The largest absolute Gasteiger partial charge is 0.507 e. The van der Waals surface area contributed by atoms with Crippen LogP contribution in [0.25, 0.3) is 16.7 Å². The van der Waals surface area contributed by atoms with E-state index in [-0.39, 0.29) is 11.3 Å². The zero-order valence-electron chi connectivity index (χ0n) is 16.5. The average Bonchev–Trinajstić information content (AvgIpc) is 3.34. The summed E-state index contributed by atoms with van der Waals surface area (Å²) in [4.78, 5) is 30.6. The van der Waals surface area contributed by atoms with Gasteiger partial charge < -0.3 is 10.1 Å². The van der Waals surface area contributed by atoms with Crippen LogP contribution in [0.15, 0.2) is 84.6 Å². The van der Waals surface area contributed by atoms with Gasteiger partial charge in [-0.1, -0.05) is 41.9 Å². The Balaban J connectivity index is 1.75. The van der Waals surface area contributed by atoms with Crippen LogP contribution in [0.1, 0.15) is 17.2 Å². The number of fused-ring (bicyclic) bond motifs is 1. The Morgan fingerprint density at radius 2 is 1.66 bits per heavy atom. The van der Waals surface area contributed by atoms with E-state index in [1.807, 2.05) is 24.3 Å². The van der Waals surface area contributed by atoms with Gasteiger partial charge in [-0.25, -0.2) is 4.39 Å². The molecule has 158 valence electrons. The third-order valence-corrected chi connectivity index (χ3v) is 5.83. The van der Waals surface area contributed by atoms with Crippen molar-refractivity contribution >= 4 is 45.6 Å². The second-order valence-electron chi connectivity index (χ2n) is 7.44. The van der Waals surface area contributed by atoms with E-state index in [9.17, 15) is 19.1 Å². The Morgan fingerprint density at radius 1 is 0.969 bits per heavy atom. The summed E-state index contributed by atoms with van der Waals surface area (Å²) in [5, 5.41) is 12.5. The second-order valence-corrected chi connectivity index (χ2v) is 7.88. The maximum absolute atomic E-state index is 13.5. The molecule has 5 nitrogen and oxygen atoms in total. The molecule has 1 aliphatic rings. The molecule has 1 fully saturated rings. The van der Waals surface area contributed by atoms with Crippen LogP contribution in [-0.2, 0) is 9.59 Å². The molecule has 1 aromatic heterocycles. The van der Waals surface area contributed by atoms with Crippen molar-refractivity contribution in [3.05, 3.63) is 107 Å². The normalized spacial score (nSPS) is 17.9. The van der Waals surface area contributed by atoms with Gasteiger partial charge in [-0.15, -0.1) is 0 Å². The summed E-state index contributed by atoms with van der Waals surface area (Å²) < 4.78 is 13.5. The fraction of sp³-hybridized carbons (Fsp3) is 0.0400. The molecule has 7 heteroatoms. The number of aliphatic hydroxyl groups is 1. The van der Waals surface area contributed by atoms with Gasteiger partial charge in [-0.2, -0.15) is 0 Å². The van der Waals surface area contributed by atoms with Crippen molar-refractivity contribution in [3.8, 4) is 0 Å². The molecule has 3 aromatic carbocycles. The van der Waals surface area contributed by atoms with Gasteiger partial charge in [0.15, 0.2) is 0 Å². The zero-order valence-corrected chi connectivity index (χ0v) is 17.3. The third kappa shape index (κ3) is 3.16. The molecule has 0 aliphatic carbocycles. The topological polar surface area (TPSA) is 73.4 Å². The lowest BCUT2D eigenvalue weighted by Gasteiger charge is -2.25. The molecule has 1 unspecified atom stereocenters. The first-order valence-electron chi connectivity index (χ1n) is 9.84. The van der Waals surface area contributed by atoms with Gasteiger partial charge in [0.1, 0.15) is 11.6 Å². The maximum atomic E-state index is 13.5. The predicted octanol–water partition coefficient (Wildman–Crippen LogP) is 5.59. The summed E-state index contributed by atoms with van der Waals surface area (Å²) in [6.07, 6.45) is 1.60. The van der Waals surface area contributed by atoms with E-state index in [1.54, 1.807) is 30.5 Å². The fourth-order valence-electron chi connectivity index (χ4n) is 4.07. The number of Topliss-reactive ketones (excluding diaryl/α,β-unsaturated/α-hetero) is 1. The summed E-state index contributed by atoms with van der Waals surface area (Å²) in [7, 11) is 0. The summed E-state index contributed by atoms with van der Waals surface area (Å²) in [5.41, 5.74) is 2.07. The summed E-state index contributed by atoms with van der Waals surface area (Å²) in [6.45, 7) is 0. The molecule has 0 saturated carbocycles. The number of benzene rings is 3. The standard InChI is InChI=1S/C25H16ClFN2O3/c26-15-7-5-14(6-8-15)22-21(23(30)19-13-28-20-4-2-1-3-18(19)20)24(31)25(32)29(22)17-11-9-16(27)10-12-17/h1-13,22,28,30H/b23-21-. The number of anilines is 1. The number of hydrogen-bond donors (Lipinski definition) is 2. The summed E-state index contributed by atoms with van der Waals surface area (Å²) in [6, 6.07) is 18.4. The first-order chi connectivity index (χ1) is 15.5. The molecule has 32 heavy (non-hydrogen) atoms. The van der Waals surface area contributed by atoms with Gasteiger partial charge in [-0.05, 0) is 48.0 Å². The minimum absolute atomic E-state index is 0.0496. The minimum atomic E-state index is -0.911. The van der Waals surface area contributed by atoms with E-state index < -0.39 is 23.5 Å². The number of ketones is 1. The highest BCUT2D eigenvalue weighted by Gasteiger charge is 2.47. The SMILES string of the molecule is O=C1C(=O)N(c2ccc(F)cc2)C(c2ccc(Cl)cc2)/C1=C(/O)c1c[nH]c2ccccc12. The number of carbonyl (C=O) groups is 2. The molecule has 2 N–H and O–H groups in total. The molecule has 0 spiro atoms. The van der Waals surface area contributed by atoms with Crippen molar-refractivity contribution in [1.29, 1.82) is 0 Å². The minimum Gasteiger partial charge on any atom is -0.507 e. The van der Waals surface area contributed by atoms with Crippen LogP contribution in [0.4, 0.5) is 10.1 Å². The predicted molar refractivity (Wildman–Crippen MR) is 121 cm³/mol. The van der Waals surface area contributed by atoms with Crippen LogP contribution in [-0.4, -0.2) is 21.8 Å². The van der Waals surface area contributed by atoms with E-state index >= 15 is 0 Å². The first-order valence-corrected chi connectivity index (χ1v) is 10.2. The van der Waals surface area contributed by atoms with Gasteiger partial charge in [0, 0.05) is 33.4 Å². The van der Waals surface area contributed by atoms with E-state index in [2.05, 4.69) is 4.98 Å². The molecule has 1 atom stereocenters. The number of nitrogens with zero attached hydrogens (tertiary/aromatic N) is 1. The monoisotopic (exact) mass is 446 g/mol. The number of nitrogens with one attached hydrogen (secondary N) is 1. The van der Waals surface area contributed by atoms with E-state index in [0.29, 0.717) is 27.2 Å². The third-order valence-electron chi connectivity index (χ3n) is 5.58. The van der Waals surface area contributed by atoms with E-state index in [1.165, 1.54) is 29.2 Å². The second kappa shape index (κ2) is 7.66. The van der Waals surface area contributed by atoms with Crippen molar-refractivity contribution < 1.29 is 19.1 Å². The van der Waals surface area contributed by atoms with Crippen molar-refractivity contribution in [2.45, 2.75) is 6.04 Å². The Hall–Kier alpha value is -3.90. The Kier molecular flexibility index (Phi) is 4.79. The fourth-order valence-corrected chi connectivity index (χ4v) is 4.20. The molecule has 1 amide bonds. The quantitative estimate of drug-likeness (QED) is 0.245. The molecule has 5 rings (SSSR count). The number of H-pyrrole nitrogens is 1. The number of rotatable bonds is 3. The summed E-state index contributed by atoms with van der Waals surface area (Å²) in [5.74, 6) is -2.38. The number of amides is 1. The molecule has 0 radical (unpaired) electrons. The molecule has 2 heterocycles. The van der Waals surface area contributed by atoms with Gasteiger partial charge in [-0.3, -0.25) is 14.5 Å². The highest BCUT2D eigenvalue weighted by molar-refractivity contribution is 6.51. The summed E-state index contributed by atoms with van der Waals surface area (Å²) >= 11 is 6.04. The molecule has 1 saturated heterocycles. The lowest BCUT2D eigenvalue weighted by Crippen LogP contribution is -2.29. The Morgan fingerprint density at radius 3 is 2.38 bits per heavy atom. The molecule has 1 aliphatic heterocycles. The molecule has 0 bridgehead atoms. The Bertz CT molecular complexity index is 1390. The van der Waals surface area contributed by atoms with Crippen molar-refractivity contribution in [1.82, 2.24) is 4.98 Å². The smallest absolute Gasteiger partial charge is 0.300 e. The molecular weight excluding hydrogens is 431 g/mol. The number of aromatic amines is 1. The lowest BCUT2D eigenvalue weighted by molar-refractivity contribution is -0.132. The lowest BCUT2D eigenvalue weighted by atomic mass is 9.95. The van der Waals surface area contributed by atoms with Crippen molar-refractivity contribution in [2.24, 2.45) is 0 Å². The van der Waals surface area contributed by atoms with Gasteiger partial charge in [0.25, 0.3) is 11.7 Å². The van der Waals surface area contributed by atoms with Crippen LogP contribution in [0.2, 0.25) is 5.02 Å². The van der Waals surface area contributed by atoms with Crippen LogP contribution in [0.3, 0.4) is 0 Å². The van der Waals surface area contributed by atoms with Gasteiger partial charge >= 0.3 is 0 Å². The number of carbonyl (C=O) groups excluding carboxylic acids is 2. The molecular formula is C25H16ClFN2O3. The maximum Gasteiger partial charge on any atom is 0.300 e. The zero-order chi connectivity index (χ0) is 22.4. The van der Waals surface area contributed by atoms with E-state index in [0.717, 1.165) is 5.52 Å². The number of halogens is 2. The number of para-hydroxylation sites is 1. The average molecular weight is 447 g/mol. The van der Waals surface area contributed by atoms with Gasteiger partial charge in [0.2, 0.25) is 0 Å². The Labute approximate surface area is 187 Å². The highest BCUT2D eigenvalue weighted by atomic mass is 35.5. The van der Waals surface area contributed by atoms with E-state index in [4.69, 9.17) is 11.6 Å². The number of aromatic nitrogens is 1. The van der Waals surface area contributed by atoms with Crippen LogP contribution < -0.4 is 4.90 Å². The number of hydrogen-bond acceptors (Lipinski definition) is 3. The first kappa shape index (κ1) is 20.0. The van der Waals surface area contributed by atoms with Crippen molar-refractivity contribution in [3.63, 3.8) is 0 Å².